The molecule has 1 aromatic heterocycles. The predicted octanol–water partition coefficient (Wildman–Crippen LogP) is 4.59. The summed E-state index contributed by atoms with van der Waals surface area (Å²) in [5.41, 5.74) is 2.39. The molecule has 1 atom stereocenters. The maximum Gasteiger partial charge on any atom is 0.335 e. The van der Waals surface area contributed by atoms with Crippen LogP contribution >= 0.6 is 22.9 Å². The Bertz CT molecular complexity index is 653. The van der Waals surface area contributed by atoms with Crippen LogP contribution in [0.4, 0.5) is 5.69 Å². The van der Waals surface area contributed by atoms with Crippen LogP contribution in [0, 0.1) is 0 Å². The number of thiophene rings is 1. The Balaban J connectivity index is 1.85. The van der Waals surface area contributed by atoms with E-state index in [2.05, 4.69) is 5.32 Å². The van der Waals surface area contributed by atoms with E-state index in [9.17, 15) is 4.79 Å². The van der Waals surface area contributed by atoms with Crippen LogP contribution in [0.2, 0.25) is 4.34 Å². The van der Waals surface area contributed by atoms with E-state index in [0.717, 1.165) is 29.3 Å². The van der Waals surface area contributed by atoms with Gasteiger partial charge in [0.15, 0.2) is 0 Å². The smallest absolute Gasteiger partial charge is 0.335 e. The molecule has 104 valence electrons. The molecule has 0 fully saturated rings. The summed E-state index contributed by atoms with van der Waals surface area (Å²) in [6.07, 6.45) is 3.25. The summed E-state index contributed by atoms with van der Waals surface area (Å²) >= 11 is 7.74. The number of halogens is 1. The molecular weight excluding hydrogens is 294 g/mol. The summed E-state index contributed by atoms with van der Waals surface area (Å²) < 4.78 is 0.822. The van der Waals surface area contributed by atoms with E-state index >= 15 is 0 Å². The van der Waals surface area contributed by atoms with Crippen molar-refractivity contribution in [2.45, 2.75) is 25.3 Å². The van der Waals surface area contributed by atoms with E-state index in [0.29, 0.717) is 5.56 Å². The van der Waals surface area contributed by atoms with Crippen LogP contribution in [0.1, 0.15) is 39.7 Å². The standard InChI is InChI=1S/C15H14ClNO2S/c16-14-8-11-12(5-2-6-13(11)20-14)17-10-4-1-3-9(7-10)15(18)19/h1,3-4,7-8,12,17H,2,5-6H2,(H,18,19). The number of hydrogen-bond acceptors (Lipinski definition) is 3. The van der Waals surface area contributed by atoms with Gasteiger partial charge in [0, 0.05) is 10.6 Å². The SMILES string of the molecule is O=C(O)c1cccc(NC2CCCc3sc(Cl)cc32)c1. The van der Waals surface area contributed by atoms with E-state index in [-0.39, 0.29) is 6.04 Å². The van der Waals surface area contributed by atoms with Gasteiger partial charge in [-0.15, -0.1) is 11.3 Å². The molecule has 0 spiro atoms. The van der Waals surface area contributed by atoms with Gasteiger partial charge in [-0.3, -0.25) is 0 Å². The number of rotatable bonds is 3. The van der Waals surface area contributed by atoms with E-state index in [1.165, 1.54) is 10.4 Å². The molecule has 0 saturated heterocycles. The van der Waals surface area contributed by atoms with Crippen LogP contribution in [-0.4, -0.2) is 11.1 Å². The summed E-state index contributed by atoms with van der Waals surface area (Å²) in [4.78, 5) is 12.3. The highest BCUT2D eigenvalue weighted by atomic mass is 35.5. The van der Waals surface area contributed by atoms with Gasteiger partial charge in [0.25, 0.3) is 0 Å². The number of carboxylic acid groups (broad SMARTS) is 1. The van der Waals surface area contributed by atoms with Crippen LogP contribution in [0.15, 0.2) is 30.3 Å². The average Bonchev–Trinajstić information content (AvgIpc) is 2.80. The first-order chi connectivity index (χ1) is 9.63. The Kier molecular flexibility index (Phi) is 3.68. The van der Waals surface area contributed by atoms with Gasteiger partial charge in [0.05, 0.1) is 15.9 Å². The first kappa shape index (κ1) is 13.5. The molecule has 0 radical (unpaired) electrons. The quantitative estimate of drug-likeness (QED) is 0.872. The summed E-state index contributed by atoms with van der Waals surface area (Å²) in [7, 11) is 0. The number of nitrogens with one attached hydrogen (secondary N) is 1. The fourth-order valence-corrected chi connectivity index (χ4v) is 4.00. The number of benzene rings is 1. The molecule has 1 aliphatic rings. The van der Waals surface area contributed by atoms with Crippen molar-refractivity contribution in [3.63, 3.8) is 0 Å². The highest BCUT2D eigenvalue weighted by molar-refractivity contribution is 7.16. The van der Waals surface area contributed by atoms with Crippen LogP contribution in [0.3, 0.4) is 0 Å². The van der Waals surface area contributed by atoms with Crippen LogP contribution < -0.4 is 5.32 Å². The van der Waals surface area contributed by atoms with Gasteiger partial charge in [-0.25, -0.2) is 4.79 Å². The molecule has 3 rings (SSSR count). The fourth-order valence-electron chi connectivity index (χ4n) is 2.61. The maximum absolute atomic E-state index is 11.0. The van der Waals surface area contributed by atoms with E-state index < -0.39 is 5.97 Å². The highest BCUT2D eigenvalue weighted by Crippen LogP contribution is 2.39. The highest BCUT2D eigenvalue weighted by Gasteiger charge is 2.22. The second-order valence-electron chi connectivity index (χ2n) is 4.90. The molecule has 2 aromatic rings. The number of carbonyl (C=O) groups is 1. The summed E-state index contributed by atoms with van der Waals surface area (Å²) in [5, 5.41) is 12.5. The van der Waals surface area contributed by atoms with E-state index in [1.807, 2.05) is 12.1 Å². The lowest BCUT2D eigenvalue weighted by molar-refractivity contribution is 0.0697. The molecule has 0 aliphatic heterocycles. The van der Waals surface area contributed by atoms with Crippen molar-refractivity contribution < 1.29 is 9.90 Å². The molecule has 1 unspecified atom stereocenters. The van der Waals surface area contributed by atoms with Crippen LogP contribution in [0.5, 0.6) is 0 Å². The van der Waals surface area contributed by atoms with Crippen molar-refractivity contribution in [3.05, 3.63) is 50.7 Å². The van der Waals surface area contributed by atoms with Gasteiger partial charge in [-0.05, 0) is 49.1 Å². The Morgan fingerprint density at radius 1 is 1.40 bits per heavy atom. The molecule has 1 aliphatic carbocycles. The lowest BCUT2D eigenvalue weighted by atomic mass is 9.94. The minimum Gasteiger partial charge on any atom is -0.478 e. The number of hydrogen-bond donors (Lipinski definition) is 2. The Morgan fingerprint density at radius 3 is 3.05 bits per heavy atom. The molecule has 3 nitrogen and oxygen atoms in total. The maximum atomic E-state index is 11.0. The van der Waals surface area contributed by atoms with Gasteiger partial charge in [0.1, 0.15) is 0 Å². The minimum atomic E-state index is -0.906. The Hall–Kier alpha value is -1.52. The third-order valence-electron chi connectivity index (χ3n) is 3.53. The lowest BCUT2D eigenvalue weighted by Crippen LogP contribution is -2.15. The van der Waals surface area contributed by atoms with Gasteiger partial charge in [0.2, 0.25) is 0 Å². The summed E-state index contributed by atoms with van der Waals surface area (Å²) in [6, 6.07) is 9.17. The first-order valence-corrected chi connectivity index (χ1v) is 7.71. The fraction of sp³-hybridized carbons (Fsp3) is 0.267. The van der Waals surface area contributed by atoms with Gasteiger partial charge in [-0.2, -0.15) is 0 Å². The summed E-state index contributed by atoms with van der Waals surface area (Å²) in [5.74, 6) is -0.906. The average molecular weight is 308 g/mol. The van der Waals surface area contributed by atoms with E-state index in [1.54, 1.807) is 29.5 Å². The lowest BCUT2D eigenvalue weighted by Gasteiger charge is -2.24. The predicted molar refractivity (Wildman–Crippen MR) is 82.0 cm³/mol. The molecule has 5 heteroatoms. The van der Waals surface area contributed by atoms with Gasteiger partial charge in [-0.1, -0.05) is 17.7 Å². The molecule has 1 heterocycles. The zero-order chi connectivity index (χ0) is 14.1. The van der Waals surface area contributed by atoms with Crippen LogP contribution in [0.25, 0.3) is 0 Å². The Morgan fingerprint density at radius 2 is 2.25 bits per heavy atom. The van der Waals surface area contributed by atoms with Crippen molar-refractivity contribution in [3.8, 4) is 0 Å². The molecule has 20 heavy (non-hydrogen) atoms. The van der Waals surface area contributed by atoms with Crippen molar-refractivity contribution in [1.29, 1.82) is 0 Å². The molecular formula is C15H14ClNO2S. The number of anilines is 1. The molecule has 1 aromatic carbocycles. The van der Waals surface area contributed by atoms with Crippen molar-refractivity contribution >= 4 is 34.6 Å². The topological polar surface area (TPSA) is 49.3 Å². The number of fused-ring (bicyclic) bond motifs is 1. The third kappa shape index (κ3) is 2.67. The van der Waals surface area contributed by atoms with Crippen molar-refractivity contribution in [1.82, 2.24) is 0 Å². The van der Waals surface area contributed by atoms with Gasteiger partial charge >= 0.3 is 5.97 Å². The first-order valence-electron chi connectivity index (χ1n) is 6.51. The molecule has 0 saturated carbocycles. The summed E-state index contributed by atoms with van der Waals surface area (Å²) in [6.45, 7) is 0. The zero-order valence-electron chi connectivity index (χ0n) is 10.7. The largest absolute Gasteiger partial charge is 0.478 e. The molecule has 0 amide bonds. The van der Waals surface area contributed by atoms with Crippen molar-refractivity contribution in [2.24, 2.45) is 0 Å². The number of carboxylic acids is 1. The number of aryl methyl sites for hydroxylation is 1. The second kappa shape index (κ2) is 5.46. The number of aromatic carboxylic acids is 1. The molecule has 0 bridgehead atoms. The monoisotopic (exact) mass is 307 g/mol. The zero-order valence-corrected chi connectivity index (χ0v) is 12.3. The third-order valence-corrected chi connectivity index (χ3v) is 4.87. The molecule has 2 N–H and O–H groups in total. The van der Waals surface area contributed by atoms with E-state index in [4.69, 9.17) is 16.7 Å². The van der Waals surface area contributed by atoms with Crippen LogP contribution in [-0.2, 0) is 6.42 Å². The second-order valence-corrected chi connectivity index (χ2v) is 6.67. The van der Waals surface area contributed by atoms with Gasteiger partial charge < -0.3 is 10.4 Å². The van der Waals surface area contributed by atoms with Crippen molar-refractivity contribution in [2.75, 3.05) is 5.32 Å². The Labute approximate surface area is 126 Å². The normalized spacial score (nSPS) is 17.6. The minimum absolute atomic E-state index is 0.214.